The molecule has 1 aromatic rings. The molecule has 0 unspecified atom stereocenters. The molecule has 0 saturated carbocycles. The number of hydrogen-bond acceptors (Lipinski definition) is 4. The predicted molar refractivity (Wildman–Crippen MR) is 85.9 cm³/mol. The second-order valence-electron chi connectivity index (χ2n) is 5.46. The molecule has 2 rings (SSSR count). The molecule has 22 heavy (non-hydrogen) atoms. The normalized spacial score (nSPS) is 18.1. The van der Waals surface area contributed by atoms with Crippen LogP contribution in [0.15, 0.2) is 23.1 Å². The topological polar surface area (TPSA) is 55.8 Å². The van der Waals surface area contributed by atoms with Gasteiger partial charge in [-0.15, -0.1) is 0 Å². The van der Waals surface area contributed by atoms with Gasteiger partial charge in [-0.2, -0.15) is 4.31 Å². The van der Waals surface area contributed by atoms with Crippen LogP contribution in [0.2, 0.25) is 0 Å². The van der Waals surface area contributed by atoms with E-state index in [0.29, 0.717) is 37.8 Å². The van der Waals surface area contributed by atoms with E-state index in [4.69, 9.17) is 9.47 Å². The van der Waals surface area contributed by atoms with Gasteiger partial charge >= 0.3 is 0 Å². The lowest BCUT2D eigenvalue weighted by Gasteiger charge is -2.26. The molecule has 6 heteroatoms. The third-order valence-corrected chi connectivity index (χ3v) is 5.93. The molecule has 1 aromatic carbocycles. The lowest BCUT2D eigenvalue weighted by molar-refractivity contribution is 0.0730. The number of sulfonamides is 1. The molecule has 1 heterocycles. The van der Waals surface area contributed by atoms with Gasteiger partial charge in [0.1, 0.15) is 5.75 Å². The molecule has 5 nitrogen and oxygen atoms in total. The zero-order chi connectivity index (χ0) is 16.2. The molecule has 124 valence electrons. The molecule has 0 N–H and O–H groups in total. The lowest BCUT2D eigenvalue weighted by Crippen LogP contribution is -2.40. The molecule has 0 aromatic heterocycles. The Morgan fingerprint density at radius 2 is 1.95 bits per heavy atom. The van der Waals surface area contributed by atoms with Gasteiger partial charge in [0, 0.05) is 13.1 Å². The van der Waals surface area contributed by atoms with Gasteiger partial charge in [-0.3, -0.25) is 0 Å². The first-order chi connectivity index (χ1) is 10.5. The average Bonchev–Trinajstić information content (AvgIpc) is 2.55. The molecule has 0 radical (unpaired) electrons. The van der Waals surface area contributed by atoms with Crippen LogP contribution in [0.1, 0.15) is 38.7 Å². The Morgan fingerprint density at radius 3 is 2.55 bits per heavy atom. The van der Waals surface area contributed by atoms with E-state index in [-0.39, 0.29) is 5.92 Å². The van der Waals surface area contributed by atoms with Crippen molar-refractivity contribution >= 4 is 10.0 Å². The maximum atomic E-state index is 12.7. The first-order valence-electron chi connectivity index (χ1n) is 7.85. The highest BCUT2D eigenvalue weighted by atomic mass is 32.2. The van der Waals surface area contributed by atoms with Crippen molar-refractivity contribution in [1.29, 1.82) is 0 Å². The zero-order valence-corrected chi connectivity index (χ0v) is 14.4. The van der Waals surface area contributed by atoms with Crippen LogP contribution in [-0.2, 0) is 14.8 Å². The molecule has 1 aliphatic heterocycles. The van der Waals surface area contributed by atoms with E-state index in [9.17, 15) is 8.42 Å². The lowest BCUT2D eigenvalue weighted by atomic mass is 9.98. The van der Waals surface area contributed by atoms with E-state index in [0.717, 1.165) is 17.7 Å². The van der Waals surface area contributed by atoms with Gasteiger partial charge in [-0.25, -0.2) is 8.42 Å². The molecule has 1 atom stereocenters. The smallest absolute Gasteiger partial charge is 0.243 e. The number of rotatable bonds is 6. The van der Waals surface area contributed by atoms with E-state index in [2.05, 4.69) is 13.8 Å². The molecule has 1 fully saturated rings. The average molecular weight is 327 g/mol. The second-order valence-corrected chi connectivity index (χ2v) is 7.40. The standard InChI is InChI=1S/C16H25NO4S/c1-4-13(3)15-12-14(6-7-16(15)21-5-2)22(18,19)17-8-10-20-11-9-17/h6-7,12-13H,4-5,8-11H2,1-3H3/t13-/m1/s1. The summed E-state index contributed by atoms with van der Waals surface area (Å²) in [5.41, 5.74) is 0.957. The van der Waals surface area contributed by atoms with Gasteiger partial charge < -0.3 is 9.47 Å². The van der Waals surface area contributed by atoms with Crippen LogP contribution < -0.4 is 4.74 Å². The Balaban J connectivity index is 2.38. The van der Waals surface area contributed by atoms with Crippen LogP contribution in [-0.4, -0.2) is 45.6 Å². The molecule has 0 amide bonds. The summed E-state index contributed by atoms with van der Waals surface area (Å²) in [6, 6.07) is 5.18. The molecular weight excluding hydrogens is 302 g/mol. The Bertz CT molecular complexity index is 594. The van der Waals surface area contributed by atoms with Crippen molar-refractivity contribution in [2.45, 2.75) is 38.0 Å². The summed E-state index contributed by atoms with van der Waals surface area (Å²) in [6.07, 6.45) is 0.932. The fraction of sp³-hybridized carbons (Fsp3) is 0.625. The number of morpholine rings is 1. The minimum atomic E-state index is -3.46. The molecule has 1 saturated heterocycles. The highest BCUT2D eigenvalue weighted by Crippen LogP contribution is 2.32. The minimum absolute atomic E-state index is 0.251. The van der Waals surface area contributed by atoms with Crippen LogP contribution in [0.25, 0.3) is 0 Å². The zero-order valence-electron chi connectivity index (χ0n) is 13.5. The summed E-state index contributed by atoms with van der Waals surface area (Å²) in [5, 5.41) is 0. The monoisotopic (exact) mass is 327 g/mol. The molecule has 0 aliphatic carbocycles. The summed E-state index contributed by atoms with van der Waals surface area (Å²) < 4.78 is 37.9. The summed E-state index contributed by atoms with van der Waals surface area (Å²) >= 11 is 0. The van der Waals surface area contributed by atoms with Gasteiger partial charge in [0.15, 0.2) is 0 Å². The second kappa shape index (κ2) is 7.44. The van der Waals surface area contributed by atoms with Crippen molar-refractivity contribution < 1.29 is 17.9 Å². The fourth-order valence-electron chi connectivity index (χ4n) is 2.52. The van der Waals surface area contributed by atoms with Crippen molar-refractivity contribution in [3.05, 3.63) is 23.8 Å². The van der Waals surface area contributed by atoms with Crippen molar-refractivity contribution in [2.24, 2.45) is 0 Å². The van der Waals surface area contributed by atoms with E-state index < -0.39 is 10.0 Å². The maximum absolute atomic E-state index is 12.7. The quantitative estimate of drug-likeness (QED) is 0.806. The van der Waals surface area contributed by atoms with Crippen molar-refractivity contribution in [3.8, 4) is 5.75 Å². The highest BCUT2D eigenvalue weighted by molar-refractivity contribution is 7.89. The number of nitrogens with zero attached hydrogens (tertiary/aromatic N) is 1. The summed E-state index contributed by atoms with van der Waals surface area (Å²) in [5.74, 6) is 1.03. The Labute approximate surface area is 133 Å². The van der Waals surface area contributed by atoms with E-state index in [1.165, 1.54) is 4.31 Å². The first-order valence-corrected chi connectivity index (χ1v) is 9.29. The Kier molecular flexibility index (Phi) is 5.83. The molecule has 0 bridgehead atoms. The van der Waals surface area contributed by atoms with Crippen LogP contribution in [0.3, 0.4) is 0 Å². The van der Waals surface area contributed by atoms with E-state index in [1.807, 2.05) is 6.92 Å². The Hall–Kier alpha value is -1.11. The van der Waals surface area contributed by atoms with E-state index >= 15 is 0 Å². The van der Waals surface area contributed by atoms with Crippen LogP contribution in [0.4, 0.5) is 0 Å². The Morgan fingerprint density at radius 1 is 1.27 bits per heavy atom. The first kappa shape index (κ1) is 17.2. The van der Waals surface area contributed by atoms with Gasteiger partial charge in [0.2, 0.25) is 10.0 Å². The van der Waals surface area contributed by atoms with Gasteiger partial charge in [-0.05, 0) is 43.0 Å². The summed E-state index contributed by atoms with van der Waals surface area (Å²) in [7, 11) is -3.46. The summed E-state index contributed by atoms with van der Waals surface area (Å²) in [4.78, 5) is 0.341. The van der Waals surface area contributed by atoms with Crippen LogP contribution >= 0.6 is 0 Å². The van der Waals surface area contributed by atoms with Crippen molar-refractivity contribution in [3.63, 3.8) is 0 Å². The number of hydrogen-bond donors (Lipinski definition) is 0. The number of benzene rings is 1. The van der Waals surface area contributed by atoms with Gasteiger partial charge in [-0.1, -0.05) is 13.8 Å². The molecule has 0 spiro atoms. The van der Waals surface area contributed by atoms with Gasteiger partial charge in [0.05, 0.1) is 24.7 Å². The van der Waals surface area contributed by atoms with Crippen molar-refractivity contribution in [2.75, 3.05) is 32.9 Å². The van der Waals surface area contributed by atoms with Crippen molar-refractivity contribution in [1.82, 2.24) is 4.31 Å². The molecule has 1 aliphatic rings. The summed E-state index contributed by atoms with van der Waals surface area (Å²) in [6.45, 7) is 8.40. The highest BCUT2D eigenvalue weighted by Gasteiger charge is 2.27. The largest absolute Gasteiger partial charge is 0.494 e. The molecular formula is C16H25NO4S. The van der Waals surface area contributed by atoms with Gasteiger partial charge in [0.25, 0.3) is 0 Å². The van der Waals surface area contributed by atoms with E-state index in [1.54, 1.807) is 18.2 Å². The third-order valence-electron chi connectivity index (χ3n) is 4.03. The van der Waals surface area contributed by atoms with Crippen LogP contribution in [0, 0.1) is 0 Å². The number of ether oxygens (including phenoxy) is 2. The minimum Gasteiger partial charge on any atom is -0.494 e. The maximum Gasteiger partial charge on any atom is 0.243 e. The van der Waals surface area contributed by atoms with Crippen LogP contribution in [0.5, 0.6) is 5.75 Å². The third kappa shape index (κ3) is 3.62. The predicted octanol–water partition coefficient (Wildman–Crippen LogP) is 2.62. The SMILES string of the molecule is CCOc1ccc(S(=O)(=O)N2CCOCC2)cc1[C@H](C)CC. The fourth-order valence-corrected chi connectivity index (χ4v) is 3.96.